The van der Waals surface area contributed by atoms with Gasteiger partial charge in [-0.25, -0.2) is 0 Å². The minimum absolute atomic E-state index is 0.101. The van der Waals surface area contributed by atoms with Crippen molar-refractivity contribution in [3.05, 3.63) is 228 Å². The fraction of sp³-hybridized carbons (Fsp3) is 0.260. The Morgan fingerprint density at radius 1 is 0.299 bits per heavy atom. The summed E-state index contributed by atoms with van der Waals surface area (Å²) in [5.41, 5.74) is 26.7. The molecule has 0 aliphatic carbocycles. The van der Waals surface area contributed by atoms with Crippen molar-refractivity contribution < 1.29 is 0 Å². The molecule has 0 N–H and O–H groups in total. The number of anilines is 9. The van der Waals surface area contributed by atoms with Gasteiger partial charge < -0.3 is 14.7 Å². The number of para-hydroxylation sites is 2. The molecule has 0 spiro atoms. The monoisotopic (exact) mass is 1000 g/mol. The summed E-state index contributed by atoms with van der Waals surface area (Å²) in [6.45, 7) is 33.0. The number of benzene rings is 9. The van der Waals surface area contributed by atoms with Crippen molar-refractivity contribution in [3.8, 4) is 22.3 Å². The summed E-state index contributed by atoms with van der Waals surface area (Å²) in [6.07, 6.45) is 0. The fourth-order valence-corrected chi connectivity index (χ4v) is 12.5. The van der Waals surface area contributed by atoms with Gasteiger partial charge in [0.05, 0.1) is 17.1 Å². The molecule has 9 aromatic carbocycles. The second kappa shape index (κ2) is 17.7. The zero-order valence-corrected chi connectivity index (χ0v) is 47.9. The molecule has 0 aromatic heterocycles. The smallest absolute Gasteiger partial charge is 0.252 e. The number of hydrogen-bond donors (Lipinski definition) is 0. The zero-order chi connectivity index (χ0) is 54.1. The SMILES string of the molecule is CC(C)(C)c1cc(N2c3ccc(-c4ccccc4)cc3B3c4cc(-c5ccccc5)ccc4N(c4cc(C(C)(C)C)cc(C(C)(C)C)c4)c4cc(N5c6ccccc6C(C)(C)c6ccccc65)cc2c43)cc(C(C)(C)C)c1. The van der Waals surface area contributed by atoms with Gasteiger partial charge >= 0.3 is 0 Å². The average Bonchev–Trinajstić information content (AvgIpc) is 3.35. The number of hydrogen-bond acceptors (Lipinski definition) is 3. The van der Waals surface area contributed by atoms with Crippen LogP contribution in [0.3, 0.4) is 0 Å². The van der Waals surface area contributed by atoms with Crippen molar-refractivity contribution in [2.24, 2.45) is 0 Å². The summed E-state index contributed by atoms with van der Waals surface area (Å²) < 4.78 is 0. The van der Waals surface area contributed by atoms with Crippen LogP contribution in [0.1, 0.15) is 130 Å². The molecule has 3 heterocycles. The van der Waals surface area contributed by atoms with Crippen LogP contribution < -0.4 is 31.1 Å². The van der Waals surface area contributed by atoms with E-state index in [0.717, 1.165) is 5.69 Å². The number of fused-ring (bicyclic) bond motifs is 6. The van der Waals surface area contributed by atoms with Gasteiger partial charge in [-0.1, -0.05) is 230 Å². The van der Waals surface area contributed by atoms with Crippen LogP contribution in [0, 0.1) is 0 Å². The standard InChI is InChI=1S/C73H74BN3/c1-69(2,3)51-39-52(70(4,5)6)42-55(41-51)76-64-35-33-49(47-25-17-15-18-26-47)37-60(64)74-61-38-50(48-27-19-16-20-28-48)34-36-65(61)77(56-43-53(71(7,8)9)40-54(44-56)72(10,11)12)67-46-57(45-66(76)68(67)74)75-62-31-23-21-29-58(62)73(13,14)59-30-22-24-32-63(59)75/h15-46H,1-14H3. The van der Waals surface area contributed by atoms with Gasteiger partial charge in [-0.15, -0.1) is 0 Å². The molecular formula is C73H74BN3. The van der Waals surface area contributed by atoms with Crippen LogP contribution >= 0.6 is 0 Å². The van der Waals surface area contributed by atoms with Gasteiger partial charge in [-0.3, -0.25) is 0 Å². The van der Waals surface area contributed by atoms with E-state index in [1.807, 2.05) is 0 Å². The van der Waals surface area contributed by atoms with Crippen LogP contribution in [0.5, 0.6) is 0 Å². The molecule has 3 aliphatic heterocycles. The normalized spacial score (nSPS) is 14.6. The van der Waals surface area contributed by atoms with Gasteiger partial charge in [0.15, 0.2) is 0 Å². The van der Waals surface area contributed by atoms with Crippen molar-refractivity contribution in [1.82, 2.24) is 0 Å². The third-order valence-electron chi connectivity index (χ3n) is 17.0. The van der Waals surface area contributed by atoms with E-state index >= 15 is 0 Å². The van der Waals surface area contributed by atoms with E-state index in [1.165, 1.54) is 118 Å². The zero-order valence-electron chi connectivity index (χ0n) is 47.9. The molecule has 3 nitrogen and oxygen atoms in total. The molecule has 4 heteroatoms. The first kappa shape index (κ1) is 50.3. The highest BCUT2D eigenvalue weighted by Gasteiger charge is 2.46. The van der Waals surface area contributed by atoms with E-state index in [1.54, 1.807) is 0 Å². The van der Waals surface area contributed by atoms with Gasteiger partial charge in [-0.2, -0.15) is 0 Å². The van der Waals surface area contributed by atoms with Crippen LogP contribution in [0.25, 0.3) is 22.3 Å². The Hall–Kier alpha value is -7.56. The predicted molar refractivity (Wildman–Crippen MR) is 333 cm³/mol. The summed E-state index contributed by atoms with van der Waals surface area (Å²) in [5, 5.41) is 0. The summed E-state index contributed by atoms with van der Waals surface area (Å²) in [6, 6.07) is 74.7. The van der Waals surface area contributed by atoms with E-state index in [4.69, 9.17) is 0 Å². The molecule has 9 aromatic rings. The Balaban J connectivity index is 1.27. The fourth-order valence-electron chi connectivity index (χ4n) is 12.5. The third-order valence-corrected chi connectivity index (χ3v) is 17.0. The highest BCUT2D eigenvalue weighted by atomic mass is 15.2. The van der Waals surface area contributed by atoms with E-state index < -0.39 is 0 Å². The van der Waals surface area contributed by atoms with Gasteiger partial charge in [0.25, 0.3) is 6.71 Å². The van der Waals surface area contributed by atoms with E-state index in [-0.39, 0.29) is 33.8 Å². The minimum Gasteiger partial charge on any atom is -0.311 e. The van der Waals surface area contributed by atoms with Gasteiger partial charge in [-0.05, 0) is 154 Å². The molecular weight excluding hydrogens is 930 g/mol. The van der Waals surface area contributed by atoms with Crippen molar-refractivity contribution in [3.63, 3.8) is 0 Å². The molecule has 0 bridgehead atoms. The van der Waals surface area contributed by atoms with Gasteiger partial charge in [0.1, 0.15) is 0 Å². The lowest BCUT2D eigenvalue weighted by Gasteiger charge is -2.47. The lowest BCUT2D eigenvalue weighted by Crippen LogP contribution is -2.61. The van der Waals surface area contributed by atoms with Gasteiger partial charge in [0.2, 0.25) is 0 Å². The Morgan fingerprint density at radius 3 is 0.987 bits per heavy atom. The van der Waals surface area contributed by atoms with Crippen molar-refractivity contribution >= 4 is 74.3 Å². The topological polar surface area (TPSA) is 9.72 Å². The maximum absolute atomic E-state index is 2.65. The van der Waals surface area contributed by atoms with E-state index in [0.29, 0.717) is 0 Å². The minimum atomic E-state index is -0.215. The molecule has 0 unspecified atom stereocenters. The highest BCUT2D eigenvalue weighted by molar-refractivity contribution is 7.00. The maximum atomic E-state index is 2.65. The van der Waals surface area contributed by atoms with Crippen LogP contribution in [-0.2, 0) is 27.1 Å². The highest BCUT2D eigenvalue weighted by Crippen LogP contribution is 2.55. The number of nitrogens with zero attached hydrogens (tertiary/aromatic N) is 3. The molecule has 384 valence electrons. The van der Waals surface area contributed by atoms with Gasteiger partial charge in [0, 0.05) is 39.5 Å². The van der Waals surface area contributed by atoms with Crippen LogP contribution in [0.4, 0.5) is 51.2 Å². The average molecular weight is 1000 g/mol. The van der Waals surface area contributed by atoms with E-state index in [9.17, 15) is 0 Å². The Labute approximate surface area is 460 Å². The first-order chi connectivity index (χ1) is 36.5. The second-order valence-electron chi connectivity index (χ2n) is 26.8. The first-order valence-electron chi connectivity index (χ1n) is 27.9. The lowest BCUT2D eigenvalue weighted by molar-refractivity contribution is 0.568. The van der Waals surface area contributed by atoms with Crippen LogP contribution in [0.15, 0.2) is 194 Å². The lowest BCUT2D eigenvalue weighted by atomic mass is 9.33. The summed E-state index contributed by atoms with van der Waals surface area (Å²) in [4.78, 5) is 7.86. The predicted octanol–water partition coefficient (Wildman–Crippen LogP) is 18.4. The van der Waals surface area contributed by atoms with E-state index in [2.05, 4.69) is 306 Å². The summed E-state index contributed by atoms with van der Waals surface area (Å²) in [5.74, 6) is 0. The third kappa shape index (κ3) is 8.51. The Morgan fingerprint density at radius 2 is 0.623 bits per heavy atom. The maximum Gasteiger partial charge on any atom is 0.252 e. The molecule has 0 fully saturated rings. The number of rotatable bonds is 5. The molecule has 77 heavy (non-hydrogen) atoms. The second-order valence-corrected chi connectivity index (χ2v) is 26.8. The van der Waals surface area contributed by atoms with Crippen molar-refractivity contribution in [1.29, 1.82) is 0 Å². The van der Waals surface area contributed by atoms with Crippen molar-refractivity contribution in [2.45, 2.75) is 124 Å². The largest absolute Gasteiger partial charge is 0.311 e. The van der Waals surface area contributed by atoms with Crippen molar-refractivity contribution in [2.75, 3.05) is 14.7 Å². The molecule has 0 amide bonds. The Bertz CT molecular complexity index is 3480. The molecule has 0 saturated carbocycles. The van der Waals surface area contributed by atoms with Crippen LogP contribution in [-0.4, -0.2) is 6.71 Å². The first-order valence-corrected chi connectivity index (χ1v) is 27.9. The van der Waals surface area contributed by atoms with Crippen LogP contribution in [0.2, 0.25) is 0 Å². The quantitative estimate of drug-likeness (QED) is 0.159. The summed E-state index contributed by atoms with van der Waals surface area (Å²) >= 11 is 0. The molecule has 3 aliphatic rings. The molecule has 0 radical (unpaired) electrons. The summed E-state index contributed by atoms with van der Waals surface area (Å²) in [7, 11) is 0. The molecule has 0 atom stereocenters. The molecule has 12 rings (SSSR count). The molecule has 0 saturated heterocycles. The Kier molecular flexibility index (Phi) is 11.6.